The number of phosphoric ester groups is 1. The van der Waals surface area contributed by atoms with Gasteiger partial charge < -0.3 is 36.8 Å². The monoisotopic (exact) mass is 405 g/mol. The van der Waals surface area contributed by atoms with Gasteiger partial charge in [0.25, 0.3) is 0 Å². The van der Waals surface area contributed by atoms with Crippen molar-refractivity contribution in [1.29, 1.82) is 0 Å². The number of pyridine rings is 1. The molecule has 0 spiro atoms. The van der Waals surface area contributed by atoms with Crippen LogP contribution in [0.5, 0.6) is 5.75 Å². The summed E-state index contributed by atoms with van der Waals surface area (Å²) in [4.78, 5) is 36.7. The predicted octanol–water partition coefficient (Wildman–Crippen LogP) is -0.699. The average molecular weight is 405 g/mol. The lowest BCUT2D eigenvalue weighted by Gasteiger charge is -2.17. The van der Waals surface area contributed by atoms with Crippen LogP contribution >= 0.6 is 7.82 Å². The smallest absolute Gasteiger partial charge is 0.469 e. The molecule has 13 heteroatoms. The molecule has 0 fully saturated rings. The van der Waals surface area contributed by atoms with Crippen molar-refractivity contribution < 1.29 is 33.9 Å². The first kappa shape index (κ1) is 22.8. The molecule has 0 aromatic carbocycles. The van der Waals surface area contributed by atoms with Crippen LogP contribution in [0.4, 0.5) is 0 Å². The van der Waals surface area contributed by atoms with Gasteiger partial charge in [-0.25, -0.2) is 4.57 Å². The summed E-state index contributed by atoms with van der Waals surface area (Å²) in [5.41, 5.74) is 11.2. The molecule has 0 bridgehead atoms. The molecule has 1 aromatic heterocycles. The van der Waals surface area contributed by atoms with E-state index in [2.05, 4.69) is 19.8 Å². The van der Waals surface area contributed by atoms with Crippen LogP contribution in [0.2, 0.25) is 0 Å². The Morgan fingerprint density at radius 2 is 2.11 bits per heavy atom. The second-order valence-electron chi connectivity index (χ2n) is 5.68. The fourth-order valence-electron chi connectivity index (χ4n) is 2.20. The average Bonchev–Trinajstić information content (AvgIpc) is 2.55. The molecule has 0 aliphatic heterocycles. The molecular formula is C14H24N5O7P. The maximum Gasteiger partial charge on any atom is 0.469 e. The number of guanidine groups is 1. The number of aliphatic carboxylic acids is 1. The van der Waals surface area contributed by atoms with Crippen LogP contribution in [-0.4, -0.2) is 49.5 Å². The van der Waals surface area contributed by atoms with Crippen LogP contribution in [0.25, 0.3) is 0 Å². The van der Waals surface area contributed by atoms with Gasteiger partial charge in [-0.05, 0) is 19.8 Å². The lowest BCUT2D eigenvalue weighted by molar-refractivity contribution is -0.139. The summed E-state index contributed by atoms with van der Waals surface area (Å²) < 4.78 is 15.3. The number of hydrogen-bond acceptors (Lipinski definition) is 7. The zero-order valence-corrected chi connectivity index (χ0v) is 15.6. The van der Waals surface area contributed by atoms with Crippen LogP contribution in [-0.2, 0) is 27.0 Å². The Morgan fingerprint density at radius 3 is 2.67 bits per heavy atom. The molecule has 0 saturated carbocycles. The van der Waals surface area contributed by atoms with E-state index in [1.807, 2.05) is 0 Å². The normalized spacial score (nSPS) is 12.6. The van der Waals surface area contributed by atoms with Crippen molar-refractivity contribution in [3.63, 3.8) is 0 Å². The number of aliphatic imine (C=N–C) groups is 1. The Morgan fingerprint density at radius 1 is 1.44 bits per heavy atom. The van der Waals surface area contributed by atoms with Crippen LogP contribution < -0.4 is 16.8 Å². The minimum atomic E-state index is -4.72. The standard InChI is InChI=1S/C14H24N5O7P/c1-8-12(20)10(9(5-18-8)7-26-27(23,24)25)6-19-11(13(21)22)3-2-4-17-14(15)16/h5,11,19-20H,2-4,6-7H2,1H3,(H,21,22)(H4,15,16,17)(H2,23,24,25)/t11-/m0/s1. The highest BCUT2D eigenvalue weighted by Gasteiger charge is 2.21. The van der Waals surface area contributed by atoms with E-state index in [4.69, 9.17) is 21.3 Å². The van der Waals surface area contributed by atoms with Crippen LogP contribution in [0.15, 0.2) is 11.2 Å². The molecule has 0 saturated heterocycles. The van der Waals surface area contributed by atoms with Gasteiger partial charge in [-0.3, -0.25) is 19.3 Å². The Bertz CT molecular complexity index is 733. The van der Waals surface area contributed by atoms with Crippen molar-refractivity contribution in [3.8, 4) is 5.75 Å². The Kier molecular flexibility index (Phi) is 8.60. The van der Waals surface area contributed by atoms with Crippen molar-refractivity contribution in [3.05, 3.63) is 23.0 Å². The molecule has 1 atom stereocenters. The second-order valence-corrected chi connectivity index (χ2v) is 6.92. The summed E-state index contributed by atoms with van der Waals surface area (Å²) in [6, 6.07) is -0.942. The maximum atomic E-state index is 11.4. The number of phosphoric acid groups is 1. The summed E-state index contributed by atoms with van der Waals surface area (Å²) >= 11 is 0. The number of nitrogens with two attached hydrogens (primary N) is 2. The van der Waals surface area contributed by atoms with E-state index in [1.165, 1.54) is 13.1 Å². The number of carboxylic acid groups (broad SMARTS) is 1. The summed E-state index contributed by atoms with van der Waals surface area (Å²) in [5, 5.41) is 22.3. The highest BCUT2D eigenvalue weighted by atomic mass is 31.2. The summed E-state index contributed by atoms with van der Waals surface area (Å²) in [7, 11) is -4.72. The number of nitrogens with one attached hydrogen (secondary N) is 1. The molecule has 27 heavy (non-hydrogen) atoms. The van der Waals surface area contributed by atoms with Gasteiger partial charge in [0.05, 0.1) is 12.3 Å². The second kappa shape index (κ2) is 10.2. The molecule has 152 valence electrons. The van der Waals surface area contributed by atoms with Crippen molar-refractivity contribution >= 4 is 19.8 Å². The van der Waals surface area contributed by atoms with Crippen molar-refractivity contribution in [2.24, 2.45) is 16.5 Å². The molecule has 0 amide bonds. The Balaban J connectivity index is 2.84. The molecule has 0 aliphatic carbocycles. The first-order valence-corrected chi connectivity index (χ1v) is 9.42. The minimum absolute atomic E-state index is 0.0751. The molecule has 9 N–H and O–H groups in total. The molecule has 0 unspecified atom stereocenters. The van der Waals surface area contributed by atoms with Gasteiger partial charge in [-0.15, -0.1) is 0 Å². The Labute approximate surface area is 155 Å². The third-order valence-corrected chi connectivity index (χ3v) is 4.05. The van der Waals surface area contributed by atoms with Crippen molar-refractivity contribution in [2.45, 2.75) is 39.0 Å². The van der Waals surface area contributed by atoms with Crippen LogP contribution in [0.1, 0.15) is 29.7 Å². The van der Waals surface area contributed by atoms with Crippen LogP contribution in [0, 0.1) is 6.92 Å². The topological polar surface area (TPSA) is 214 Å². The zero-order chi connectivity index (χ0) is 20.6. The molecule has 1 aromatic rings. The van der Waals surface area contributed by atoms with Crippen LogP contribution in [0.3, 0.4) is 0 Å². The quantitative estimate of drug-likeness (QED) is 0.106. The minimum Gasteiger partial charge on any atom is -0.506 e. The molecule has 0 aliphatic rings. The summed E-state index contributed by atoms with van der Waals surface area (Å²) in [6.07, 6.45) is 1.94. The number of nitrogens with zero attached hydrogens (tertiary/aromatic N) is 2. The van der Waals surface area contributed by atoms with E-state index in [9.17, 15) is 19.6 Å². The largest absolute Gasteiger partial charge is 0.506 e. The van der Waals surface area contributed by atoms with E-state index in [-0.39, 0.29) is 48.0 Å². The number of rotatable bonds is 11. The number of hydrogen-bond donors (Lipinski definition) is 7. The lowest BCUT2D eigenvalue weighted by atomic mass is 10.1. The van der Waals surface area contributed by atoms with Crippen molar-refractivity contribution in [1.82, 2.24) is 10.3 Å². The van der Waals surface area contributed by atoms with Crippen molar-refractivity contribution in [2.75, 3.05) is 6.54 Å². The molecule has 1 heterocycles. The Hall–Kier alpha value is -2.24. The number of aromatic hydroxyl groups is 1. The van der Waals surface area contributed by atoms with Gasteiger partial charge in [0.1, 0.15) is 11.8 Å². The van der Waals surface area contributed by atoms with Gasteiger partial charge in [-0.2, -0.15) is 0 Å². The fraction of sp³-hybridized carbons (Fsp3) is 0.500. The SMILES string of the molecule is Cc1ncc(COP(=O)(O)O)c(CN[C@@H](CCCN=C(N)N)C(=O)O)c1O. The molecular weight excluding hydrogens is 381 g/mol. The van der Waals surface area contributed by atoms with E-state index < -0.39 is 26.4 Å². The first-order chi connectivity index (χ1) is 12.5. The highest BCUT2D eigenvalue weighted by molar-refractivity contribution is 7.46. The van der Waals surface area contributed by atoms with E-state index in [0.717, 1.165) is 0 Å². The predicted molar refractivity (Wildman–Crippen MR) is 95.6 cm³/mol. The highest BCUT2D eigenvalue weighted by Crippen LogP contribution is 2.38. The number of carboxylic acids is 1. The first-order valence-electron chi connectivity index (χ1n) is 7.89. The summed E-state index contributed by atoms with van der Waals surface area (Å²) in [6.45, 7) is 1.24. The summed E-state index contributed by atoms with van der Waals surface area (Å²) in [5.74, 6) is -1.39. The maximum absolute atomic E-state index is 11.4. The van der Waals surface area contributed by atoms with Gasteiger partial charge in [0.15, 0.2) is 5.96 Å². The molecule has 12 nitrogen and oxygen atoms in total. The van der Waals surface area contributed by atoms with Gasteiger partial charge in [-0.1, -0.05) is 0 Å². The molecule has 1 rings (SSSR count). The van der Waals surface area contributed by atoms with E-state index >= 15 is 0 Å². The van der Waals surface area contributed by atoms with E-state index in [1.54, 1.807) is 0 Å². The van der Waals surface area contributed by atoms with Gasteiger partial charge in [0.2, 0.25) is 0 Å². The number of carbonyl (C=O) groups is 1. The fourth-order valence-corrected chi connectivity index (χ4v) is 2.51. The zero-order valence-electron chi connectivity index (χ0n) is 14.7. The lowest BCUT2D eigenvalue weighted by Crippen LogP contribution is -2.36. The number of aryl methyl sites for hydroxylation is 1. The van der Waals surface area contributed by atoms with Gasteiger partial charge in [0, 0.05) is 30.4 Å². The third kappa shape index (κ3) is 8.33. The van der Waals surface area contributed by atoms with Gasteiger partial charge >= 0.3 is 13.8 Å². The third-order valence-electron chi connectivity index (χ3n) is 3.59. The van der Waals surface area contributed by atoms with E-state index in [0.29, 0.717) is 6.42 Å². The molecule has 0 radical (unpaired) electrons. The number of aromatic nitrogens is 1.